The van der Waals surface area contributed by atoms with E-state index in [-0.39, 0.29) is 43.1 Å². The topological polar surface area (TPSA) is 102 Å². The third kappa shape index (κ3) is 31.0. The van der Waals surface area contributed by atoms with Gasteiger partial charge in [-0.3, -0.25) is 9.59 Å². The number of carboxylic acids is 1. The Bertz CT molecular complexity index is 948. The lowest BCUT2D eigenvalue weighted by Crippen LogP contribution is -2.55. The van der Waals surface area contributed by atoms with Crippen LogP contribution in [0.4, 0.5) is 0 Å². The number of hydrogen-bond donors (Lipinski definition) is 0. The first-order chi connectivity index (χ1) is 23.6. The van der Waals surface area contributed by atoms with Crippen LogP contribution in [0.3, 0.4) is 0 Å². The molecule has 0 radical (unpaired) electrons. The predicted octanol–water partition coefficient (Wildman–Crippen LogP) is 8.35. The Morgan fingerprint density at radius 2 is 1.20 bits per heavy atom. The Labute approximate surface area is 299 Å². The summed E-state index contributed by atoms with van der Waals surface area (Å²) in [5.74, 6) is -1.91. The van der Waals surface area contributed by atoms with Gasteiger partial charge in [0.25, 0.3) is 0 Å². The number of unbranched alkanes of at least 4 members (excludes halogenated alkanes) is 12. The minimum atomic E-state index is -1.14. The lowest BCUT2D eigenvalue weighted by atomic mass is 10.1. The van der Waals surface area contributed by atoms with Crippen LogP contribution in [0.15, 0.2) is 48.6 Å². The van der Waals surface area contributed by atoms with Crippen molar-refractivity contribution in [2.45, 2.75) is 154 Å². The summed E-state index contributed by atoms with van der Waals surface area (Å²) in [6.45, 7) is 4.40. The largest absolute Gasteiger partial charge is 0.544 e. The number of hydrogen-bond acceptors (Lipinski definition) is 7. The lowest BCUT2D eigenvalue weighted by molar-refractivity contribution is -0.889. The van der Waals surface area contributed by atoms with E-state index in [0.717, 1.165) is 51.4 Å². The fraction of sp³-hybridized carbons (Fsp3) is 0.732. The van der Waals surface area contributed by atoms with E-state index in [2.05, 4.69) is 44.2 Å². The van der Waals surface area contributed by atoms with Gasteiger partial charge in [-0.15, -0.1) is 0 Å². The van der Waals surface area contributed by atoms with E-state index in [4.69, 9.17) is 14.2 Å². The number of carbonyl (C=O) groups excluding carboxylic acids is 3. The van der Waals surface area contributed by atoms with Crippen molar-refractivity contribution in [1.82, 2.24) is 0 Å². The first-order valence-corrected chi connectivity index (χ1v) is 19.2. The molecule has 0 aliphatic carbocycles. The van der Waals surface area contributed by atoms with E-state index >= 15 is 0 Å². The molecule has 0 saturated carbocycles. The van der Waals surface area contributed by atoms with Gasteiger partial charge >= 0.3 is 11.9 Å². The van der Waals surface area contributed by atoms with Crippen LogP contribution in [0.2, 0.25) is 0 Å². The number of carboxylic acid groups (broad SMARTS) is 1. The number of allylic oxidation sites excluding steroid dienone is 7. The highest BCUT2D eigenvalue weighted by atomic mass is 16.6. The summed E-state index contributed by atoms with van der Waals surface area (Å²) >= 11 is 0. The Morgan fingerprint density at radius 3 is 1.78 bits per heavy atom. The Kier molecular flexibility index (Phi) is 30.7. The average Bonchev–Trinajstić information content (AvgIpc) is 3.05. The number of rotatable bonds is 33. The van der Waals surface area contributed by atoms with Gasteiger partial charge in [0.2, 0.25) is 0 Å². The van der Waals surface area contributed by atoms with Crippen LogP contribution in [0, 0.1) is 0 Å². The van der Waals surface area contributed by atoms with Crippen molar-refractivity contribution in [3.05, 3.63) is 48.6 Å². The normalized spacial score (nSPS) is 13.6. The first kappa shape index (κ1) is 46.3. The number of aliphatic carboxylic acids is 1. The Balaban J connectivity index is 4.44. The molecule has 0 aromatic carbocycles. The van der Waals surface area contributed by atoms with Crippen molar-refractivity contribution in [2.75, 3.05) is 41.0 Å². The SMILES string of the molecule is CC/C=C/C/C=C/C/C=C/CC(=O)OC(COCCC(C(=O)[O-])[N+](C)(C)C)COC(=O)CCCCCCC/C=C/CCCCCCCCC. The van der Waals surface area contributed by atoms with Gasteiger partial charge in [0.05, 0.1) is 46.7 Å². The minimum absolute atomic E-state index is 0.00114. The van der Waals surface area contributed by atoms with Gasteiger partial charge in [-0.25, -0.2) is 0 Å². The van der Waals surface area contributed by atoms with Crippen LogP contribution in [-0.2, 0) is 28.6 Å². The predicted molar refractivity (Wildman–Crippen MR) is 199 cm³/mol. The summed E-state index contributed by atoms with van der Waals surface area (Å²) in [5, 5.41) is 11.6. The summed E-state index contributed by atoms with van der Waals surface area (Å²) in [5.41, 5.74) is 0. The van der Waals surface area contributed by atoms with Crippen molar-refractivity contribution in [1.29, 1.82) is 0 Å². The molecular formula is C41H71NO7. The number of nitrogens with zero attached hydrogens (tertiary/aromatic N) is 1. The highest BCUT2D eigenvalue weighted by molar-refractivity contribution is 5.71. The van der Waals surface area contributed by atoms with Gasteiger partial charge in [0.15, 0.2) is 6.10 Å². The third-order valence-corrected chi connectivity index (χ3v) is 8.23. The molecule has 0 aromatic heterocycles. The van der Waals surface area contributed by atoms with Crippen LogP contribution in [0.1, 0.15) is 142 Å². The van der Waals surface area contributed by atoms with Crippen molar-refractivity contribution < 1.29 is 38.2 Å². The van der Waals surface area contributed by atoms with Crippen LogP contribution >= 0.6 is 0 Å². The molecule has 0 bridgehead atoms. The van der Waals surface area contributed by atoms with Crippen molar-refractivity contribution >= 4 is 17.9 Å². The molecule has 0 amide bonds. The molecular weight excluding hydrogens is 618 g/mol. The van der Waals surface area contributed by atoms with Crippen LogP contribution in [0.25, 0.3) is 0 Å². The second-order valence-electron chi connectivity index (χ2n) is 13.8. The standard InChI is InChI=1S/C41H71NO7/c1-6-8-10-12-14-16-17-18-19-20-21-22-24-25-27-29-31-39(43)48-36-37(35-47-34-33-38(41(45)46)42(3,4)5)49-40(44)32-30-28-26-23-15-13-11-9-7-2/h9,11,15,19-20,23,28,30,37-38H,6-8,10,12-14,16-18,21-22,24-27,29,31-36H2,1-5H3/b11-9+,20-19+,23-15+,30-28+. The van der Waals surface area contributed by atoms with Gasteiger partial charge in [-0.2, -0.15) is 0 Å². The van der Waals surface area contributed by atoms with Crippen molar-refractivity contribution in [3.63, 3.8) is 0 Å². The smallest absolute Gasteiger partial charge is 0.310 e. The maximum atomic E-state index is 12.5. The Morgan fingerprint density at radius 1 is 0.653 bits per heavy atom. The molecule has 0 aliphatic rings. The molecule has 8 nitrogen and oxygen atoms in total. The maximum Gasteiger partial charge on any atom is 0.310 e. The maximum absolute atomic E-state index is 12.5. The lowest BCUT2D eigenvalue weighted by Gasteiger charge is -2.34. The number of carbonyl (C=O) groups is 3. The second-order valence-corrected chi connectivity index (χ2v) is 13.8. The number of quaternary nitrogens is 1. The number of ether oxygens (including phenoxy) is 3. The molecule has 0 spiro atoms. The summed E-state index contributed by atoms with van der Waals surface area (Å²) in [4.78, 5) is 36.5. The molecule has 0 aliphatic heterocycles. The monoisotopic (exact) mass is 690 g/mol. The van der Waals surface area contributed by atoms with Crippen LogP contribution in [-0.4, -0.2) is 75.5 Å². The van der Waals surface area contributed by atoms with Crippen molar-refractivity contribution in [3.8, 4) is 0 Å². The molecule has 2 unspecified atom stereocenters. The quantitative estimate of drug-likeness (QED) is 0.0295. The highest BCUT2D eigenvalue weighted by Crippen LogP contribution is 2.12. The van der Waals surface area contributed by atoms with E-state index in [1.807, 2.05) is 12.2 Å². The zero-order valence-corrected chi connectivity index (χ0v) is 31.8. The van der Waals surface area contributed by atoms with E-state index in [1.165, 1.54) is 57.8 Å². The van der Waals surface area contributed by atoms with Gasteiger partial charge in [-0.05, 0) is 51.4 Å². The fourth-order valence-electron chi connectivity index (χ4n) is 5.24. The number of esters is 2. The summed E-state index contributed by atoms with van der Waals surface area (Å²) in [6, 6.07) is -0.739. The molecule has 0 saturated heterocycles. The van der Waals surface area contributed by atoms with Gasteiger partial charge in [0, 0.05) is 12.8 Å². The molecule has 0 rings (SSSR count). The molecule has 0 N–H and O–H groups in total. The Hall–Kier alpha value is -2.71. The minimum Gasteiger partial charge on any atom is -0.544 e. The van der Waals surface area contributed by atoms with E-state index in [0.29, 0.717) is 6.42 Å². The number of likely N-dealkylation sites (N-methyl/N-ethyl adjacent to an activating group) is 1. The summed E-state index contributed by atoms with van der Waals surface area (Å²) in [7, 11) is 5.36. The fourth-order valence-corrected chi connectivity index (χ4v) is 5.24. The van der Waals surface area contributed by atoms with Crippen molar-refractivity contribution in [2.24, 2.45) is 0 Å². The molecule has 0 aromatic rings. The molecule has 49 heavy (non-hydrogen) atoms. The third-order valence-electron chi connectivity index (χ3n) is 8.23. The van der Waals surface area contributed by atoms with E-state index < -0.39 is 24.1 Å². The van der Waals surface area contributed by atoms with Crippen LogP contribution < -0.4 is 5.11 Å². The van der Waals surface area contributed by atoms with Crippen LogP contribution in [0.5, 0.6) is 0 Å². The molecule has 0 fully saturated rings. The molecule has 2 atom stereocenters. The zero-order chi connectivity index (χ0) is 36.4. The molecule has 0 heterocycles. The summed E-state index contributed by atoms with van der Waals surface area (Å²) in [6.07, 6.45) is 36.1. The van der Waals surface area contributed by atoms with Gasteiger partial charge < -0.3 is 28.6 Å². The van der Waals surface area contributed by atoms with E-state index in [9.17, 15) is 19.5 Å². The van der Waals surface area contributed by atoms with E-state index in [1.54, 1.807) is 27.2 Å². The average molecular weight is 690 g/mol. The zero-order valence-electron chi connectivity index (χ0n) is 31.8. The van der Waals surface area contributed by atoms with Gasteiger partial charge in [0.1, 0.15) is 12.6 Å². The van der Waals surface area contributed by atoms with Gasteiger partial charge in [-0.1, -0.05) is 120 Å². The highest BCUT2D eigenvalue weighted by Gasteiger charge is 2.25. The molecule has 282 valence electrons. The first-order valence-electron chi connectivity index (χ1n) is 19.2. The summed E-state index contributed by atoms with van der Waals surface area (Å²) < 4.78 is 16.9. The second kappa shape index (κ2) is 32.5. The molecule has 8 heteroatoms.